The molecule has 2 rings (SSSR count). The number of carbonyl (C=O) groups is 1. The van der Waals surface area contributed by atoms with Gasteiger partial charge in [0.05, 0.1) is 0 Å². The van der Waals surface area contributed by atoms with Gasteiger partial charge in [-0.1, -0.05) is 32.0 Å². The van der Waals surface area contributed by atoms with E-state index in [-0.39, 0.29) is 11.8 Å². The first-order valence-electron chi connectivity index (χ1n) is 7.43. The van der Waals surface area contributed by atoms with Crippen LogP contribution in [0.4, 0.5) is 5.69 Å². The third-order valence-corrected chi connectivity index (χ3v) is 3.93. The van der Waals surface area contributed by atoms with E-state index in [1.807, 2.05) is 0 Å². The summed E-state index contributed by atoms with van der Waals surface area (Å²) in [6.07, 6.45) is 1.72. The van der Waals surface area contributed by atoms with Gasteiger partial charge in [0.2, 0.25) is 5.91 Å². The molecule has 0 unspecified atom stereocenters. The zero-order valence-corrected chi connectivity index (χ0v) is 12.4. The number of amides is 1. The molecule has 1 fully saturated rings. The van der Waals surface area contributed by atoms with Gasteiger partial charge in [0.25, 0.3) is 0 Å². The van der Waals surface area contributed by atoms with Gasteiger partial charge in [-0.25, -0.2) is 0 Å². The van der Waals surface area contributed by atoms with Crippen LogP contribution < -0.4 is 16.0 Å². The molecule has 1 heterocycles. The predicted octanol–water partition coefficient (Wildman–Crippen LogP) is 1.89. The smallest absolute Gasteiger partial charge is 0.220 e. The molecular formula is C16H25N3O. The highest BCUT2D eigenvalue weighted by atomic mass is 16.1. The Kier molecular flexibility index (Phi) is 5.01. The second-order valence-corrected chi connectivity index (χ2v) is 5.83. The van der Waals surface area contributed by atoms with Crippen molar-refractivity contribution in [1.82, 2.24) is 5.32 Å². The van der Waals surface area contributed by atoms with Gasteiger partial charge in [0, 0.05) is 37.3 Å². The lowest BCUT2D eigenvalue weighted by atomic mass is 9.95. The summed E-state index contributed by atoms with van der Waals surface area (Å²) in [6.45, 7) is 7.00. The van der Waals surface area contributed by atoms with Crippen LogP contribution in [0.1, 0.15) is 32.3 Å². The number of hydrogen-bond donors (Lipinski definition) is 2. The van der Waals surface area contributed by atoms with Gasteiger partial charge in [-0.05, 0) is 24.5 Å². The minimum absolute atomic E-state index is 0.0483. The number of primary amides is 1. The van der Waals surface area contributed by atoms with Crippen molar-refractivity contribution in [1.29, 1.82) is 0 Å². The monoisotopic (exact) mass is 275 g/mol. The number of para-hydroxylation sites is 1. The van der Waals surface area contributed by atoms with Crippen molar-refractivity contribution in [2.75, 3.05) is 18.0 Å². The Balaban J connectivity index is 2.04. The van der Waals surface area contributed by atoms with Crippen LogP contribution in [-0.4, -0.2) is 25.0 Å². The third-order valence-electron chi connectivity index (χ3n) is 3.93. The minimum atomic E-state index is -0.153. The van der Waals surface area contributed by atoms with Crippen LogP contribution in [0.2, 0.25) is 0 Å². The van der Waals surface area contributed by atoms with Crippen molar-refractivity contribution in [3.63, 3.8) is 0 Å². The summed E-state index contributed by atoms with van der Waals surface area (Å²) < 4.78 is 0. The van der Waals surface area contributed by atoms with E-state index in [0.29, 0.717) is 6.04 Å². The number of rotatable bonds is 5. The summed E-state index contributed by atoms with van der Waals surface area (Å²) in [4.78, 5) is 13.6. The maximum Gasteiger partial charge on any atom is 0.220 e. The number of anilines is 1. The van der Waals surface area contributed by atoms with Crippen LogP contribution >= 0.6 is 0 Å². The summed E-state index contributed by atoms with van der Waals surface area (Å²) in [7, 11) is 0. The molecule has 0 bridgehead atoms. The van der Waals surface area contributed by atoms with Gasteiger partial charge < -0.3 is 16.0 Å². The molecule has 20 heavy (non-hydrogen) atoms. The molecule has 1 aliphatic rings. The van der Waals surface area contributed by atoms with Crippen molar-refractivity contribution in [3.05, 3.63) is 29.8 Å². The molecule has 3 N–H and O–H groups in total. The summed E-state index contributed by atoms with van der Waals surface area (Å²) in [5.41, 5.74) is 7.99. The SMILES string of the molecule is CC(C)NCc1ccccc1N1CCC(C(N)=O)CC1. The lowest BCUT2D eigenvalue weighted by Crippen LogP contribution is -2.39. The molecule has 4 nitrogen and oxygen atoms in total. The lowest BCUT2D eigenvalue weighted by molar-refractivity contribution is -0.122. The Hall–Kier alpha value is -1.55. The number of piperidine rings is 1. The second-order valence-electron chi connectivity index (χ2n) is 5.83. The van der Waals surface area contributed by atoms with Gasteiger partial charge in [-0.3, -0.25) is 4.79 Å². The van der Waals surface area contributed by atoms with Crippen molar-refractivity contribution in [2.45, 2.75) is 39.3 Å². The molecule has 0 spiro atoms. The van der Waals surface area contributed by atoms with Gasteiger partial charge in [0.15, 0.2) is 0 Å². The molecule has 0 atom stereocenters. The number of benzene rings is 1. The van der Waals surface area contributed by atoms with Gasteiger partial charge in [-0.2, -0.15) is 0 Å². The zero-order valence-electron chi connectivity index (χ0n) is 12.4. The standard InChI is InChI=1S/C16H25N3O/c1-12(2)18-11-14-5-3-4-6-15(14)19-9-7-13(8-10-19)16(17)20/h3-6,12-13,18H,7-11H2,1-2H3,(H2,17,20). The Bertz CT molecular complexity index is 451. The normalized spacial score (nSPS) is 16.6. The van der Waals surface area contributed by atoms with Crippen LogP contribution in [0.15, 0.2) is 24.3 Å². The maximum absolute atomic E-state index is 11.2. The van der Waals surface area contributed by atoms with E-state index in [1.165, 1.54) is 11.3 Å². The fourth-order valence-corrected chi connectivity index (χ4v) is 2.69. The predicted molar refractivity (Wildman–Crippen MR) is 82.5 cm³/mol. The Labute approximate surface area is 121 Å². The molecule has 1 aromatic carbocycles. The minimum Gasteiger partial charge on any atom is -0.371 e. The first-order valence-corrected chi connectivity index (χ1v) is 7.43. The lowest BCUT2D eigenvalue weighted by Gasteiger charge is -2.33. The maximum atomic E-state index is 11.2. The van der Waals surface area contributed by atoms with Crippen LogP contribution in [0, 0.1) is 5.92 Å². The van der Waals surface area contributed by atoms with E-state index in [0.717, 1.165) is 32.5 Å². The number of nitrogens with one attached hydrogen (secondary N) is 1. The molecule has 1 aromatic rings. The van der Waals surface area contributed by atoms with Crippen LogP contribution in [0.3, 0.4) is 0 Å². The van der Waals surface area contributed by atoms with E-state index in [1.54, 1.807) is 0 Å². The molecule has 110 valence electrons. The first-order chi connectivity index (χ1) is 9.58. The molecule has 0 aromatic heterocycles. The van der Waals surface area contributed by atoms with Crippen LogP contribution in [0.25, 0.3) is 0 Å². The number of hydrogen-bond acceptors (Lipinski definition) is 3. The molecule has 0 aliphatic carbocycles. The zero-order chi connectivity index (χ0) is 14.5. The molecule has 1 amide bonds. The van der Waals surface area contributed by atoms with Gasteiger partial charge in [-0.15, -0.1) is 0 Å². The topological polar surface area (TPSA) is 58.4 Å². The average Bonchev–Trinajstić information content (AvgIpc) is 2.45. The van der Waals surface area contributed by atoms with E-state index in [4.69, 9.17) is 5.73 Å². The molecule has 1 aliphatic heterocycles. The molecule has 0 saturated carbocycles. The highest BCUT2D eigenvalue weighted by Gasteiger charge is 2.24. The van der Waals surface area contributed by atoms with Gasteiger partial charge >= 0.3 is 0 Å². The van der Waals surface area contributed by atoms with Crippen LogP contribution in [-0.2, 0) is 11.3 Å². The van der Waals surface area contributed by atoms with E-state index >= 15 is 0 Å². The Morgan fingerprint density at radius 3 is 2.60 bits per heavy atom. The van der Waals surface area contributed by atoms with E-state index in [2.05, 4.69) is 48.3 Å². The third kappa shape index (κ3) is 3.73. The van der Waals surface area contributed by atoms with E-state index in [9.17, 15) is 4.79 Å². The number of nitrogens with two attached hydrogens (primary N) is 1. The average molecular weight is 275 g/mol. The van der Waals surface area contributed by atoms with Crippen molar-refractivity contribution >= 4 is 11.6 Å². The fourth-order valence-electron chi connectivity index (χ4n) is 2.69. The Morgan fingerprint density at radius 2 is 2.00 bits per heavy atom. The van der Waals surface area contributed by atoms with Crippen molar-refractivity contribution < 1.29 is 4.79 Å². The summed E-state index contributed by atoms with van der Waals surface area (Å²) >= 11 is 0. The first kappa shape index (κ1) is 14.9. The second kappa shape index (κ2) is 6.75. The molecule has 4 heteroatoms. The molecule has 0 radical (unpaired) electrons. The van der Waals surface area contributed by atoms with Gasteiger partial charge in [0.1, 0.15) is 0 Å². The highest BCUT2D eigenvalue weighted by molar-refractivity contribution is 5.77. The fraction of sp³-hybridized carbons (Fsp3) is 0.562. The largest absolute Gasteiger partial charge is 0.371 e. The van der Waals surface area contributed by atoms with Crippen molar-refractivity contribution in [2.24, 2.45) is 11.7 Å². The van der Waals surface area contributed by atoms with Crippen LogP contribution in [0.5, 0.6) is 0 Å². The Morgan fingerprint density at radius 1 is 1.35 bits per heavy atom. The highest BCUT2D eigenvalue weighted by Crippen LogP contribution is 2.26. The summed E-state index contributed by atoms with van der Waals surface area (Å²) in [5, 5.41) is 3.47. The quantitative estimate of drug-likeness (QED) is 0.862. The molecular weight excluding hydrogens is 250 g/mol. The number of nitrogens with zero attached hydrogens (tertiary/aromatic N) is 1. The van der Waals surface area contributed by atoms with E-state index < -0.39 is 0 Å². The summed E-state index contributed by atoms with van der Waals surface area (Å²) in [5.74, 6) is -0.105. The number of carbonyl (C=O) groups excluding carboxylic acids is 1. The summed E-state index contributed by atoms with van der Waals surface area (Å²) in [6, 6.07) is 8.97. The van der Waals surface area contributed by atoms with Crippen molar-refractivity contribution in [3.8, 4) is 0 Å². The molecule has 1 saturated heterocycles.